The van der Waals surface area contributed by atoms with E-state index in [0.717, 1.165) is 17.6 Å². The minimum atomic E-state index is 0.996. The topological polar surface area (TPSA) is 25.8 Å². The predicted molar refractivity (Wildman–Crippen MR) is 62.9 cm³/mol. The van der Waals surface area contributed by atoms with Crippen LogP contribution >= 0.6 is 0 Å². The minimum absolute atomic E-state index is 0.996. The molecule has 0 aliphatic rings. The monoisotopic (exact) mass is 200 g/mol. The van der Waals surface area contributed by atoms with Gasteiger partial charge in [-0.25, -0.2) is 0 Å². The number of aromatic nitrogens is 2. The van der Waals surface area contributed by atoms with E-state index in [1.54, 1.807) is 0 Å². The first-order valence-corrected chi connectivity index (χ1v) is 5.54. The Kier molecular flexibility index (Phi) is 2.95. The van der Waals surface area contributed by atoms with E-state index in [-0.39, 0.29) is 0 Å². The lowest BCUT2D eigenvalue weighted by Crippen LogP contribution is -1.98. The highest BCUT2D eigenvalue weighted by molar-refractivity contribution is 5.81. The Bertz CT molecular complexity index is 463. The van der Waals surface area contributed by atoms with Crippen LogP contribution in [0.1, 0.15) is 31.0 Å². The average molecular weight is 200 g/mol. The van der Waals surface area contributed by atoms with Crippen LogP contribution in [0, 0.1) is 6.92 Å². The van der Waals surface area contributed by atoms with Gasteiger partial charge >= 0.3 is 0 Å². The van der Waals surface area contributed by atoms with Crippen LogP contribution in [0.3, 0.4) is 0 Å². The number of hydrogen-bond acceptors (Lipinski definition) is 2. The zero-order chi connectivity index (χ0) is 10.7. The molecule has 0 aliphatic heterocycles. The van der Waals surface area contributed by atoms with E-state index >= 15 is 0 Å². The van der Waals surface area contributed by atoms with Crippen molar-refractivity contribution >= 4 is 10.9 Å². The van der Waals surface area contributed by atoms with Crippen molar-refractivity contribution in [1.82, 2.24) is 10.2 Å². The SMILES string of the molecule is CCCCc1nnc2ccccc2c1C. The van der Waals surface area contributed by atoms with Crippen LogP contribution < -0.4 is 0 Å². The number of rotatable bonds is 3. The summed E-state index contributed by atoms with van der Waals surface area (Å²) in [7, 11) is 0. The summed E-state index contributed by atoms with van der Waals surface area (Å²) in [6, 6.07) is 8.19. The van der Waals surface area contributed by atoms with Crippen LogP contribution in [-0.4, -0.2) is 10.2 Å². The second-order valence-corrected chi connectivity index (χ2v) is 3.89. The quantitative estimate of drug-likeness (QED) is 0.759. The van der Waals surface area contributed by atoms with Gasteiger partial charge in [0.05, 0.1) is 11.2 Å². The summed E-state index contributed by atoms with van der Waals surface area (Å²) in [6.07, 6.45) is 3.43. The van der Waals surface area contributed by atoms with Gasteiger partial charge in [-0.15, -0.1) is 0 Å². The molecule has 0 saturated heterocycles. The van der Waals surface area contributed by atoms with Gasteiger partial charge < -0.3 is 0 Å². The maximum atomic E-state index is 4.29. The standard InChI is InChI=1S/C13H16N2/c1-3-4-8-12-10(2)11-7-5-6-9-13(11)15-14-12/h5-7,9H,3-4,8H2,1-2H3. The highest BCUT2D eigenvalue weighted by Crippen LogP contribution is 2.18. The number of aryl methyl sites for hydroxylation is 2. The molecule has 78 valence electrons. The number of fused-ring (bicyclic) bond motifs is 1. The van der Waals surface area contributed by atoms with Gasteiger partial charge in [0, 0.05) is 5.39 Å². The maximum absolute atomic E-state index is 4.29. The van der Waals surface area contributed by atoms with Crippen molar-refractivity contribution in [3.8, 4) is 0 Å². The molecule has 0 spiro atoms. The van der Waals surface area contributed by atoms with Crippen molar-refractivity contribution in [2.24, 2.45) is 0 Å². The molecular weight excluding hydrogens is 184 g/mol. The molecule has 0 saturated carbocycles. The van der Waals surface area contributed by atoms with E-state index in [1.807, 2.05) is 12.1 Å². The van der Waals surface area contributed by atoms with E-state index in [9.17, 15) is 0 Å². The lowest BCUT2D eigenvalue weighted by molar-refractivity contribution is 0.759. The molecule has 0 fully saturated rings. The van der Waals surface area contributed by atoms with Crippen molar-refractivity contribution in [3.05, 3.63) is 35.5 Å². The number of hydrogen-bond donors (Lipinski definition) is 0. The molecule has 0 N–H and O–H groups in total. The third kappa shape index (κ3) is 1.99. The van der Waals surface area contributed by atoms with Gasteiger partial charge in [-0.1, -0.05) is 31.5 Å². The second kappa shape index (κ2) is 4.39. The van der Waals surface area contributed by atoms with Gasteiger partial charge in [-0.2, -0.15) is 10.2 Å². The first-order chi connectivity index (χ1) is 7.33. The Labute approximate surface area is 90.3 Å². The first kappa shape index (κ1) is 10.1. The maximum Gasteiger partial charge on any atom is 0.0932 e. The van der Waals surface area contributed by atoms with Gasteiger partial charge in [0.25, 0.3) is 0 Å². The molecule has 1 heterocycles. The van der Waals surface area contributed by atoms with Crippen molar-refractivity contribution in [2.75, 3.05) is 0 Å². The molecule has 0 atom stereocenters. The van der Waals surface area contributed by atoms with Gasteiger partial charge in [0.15, 0.2) is 0 Å². The van der Waals surface area contributed by atoms with Crippen molar-refractivity contribution in [3.63, 3.8) is 0 Å². The number of benzene rings is 1. The smallest absolute Gasteiger partial charge is 0.0932 e. The van der Waals surface area contributed by atoms with E-state index < -0.39 is 0 Å². The van der Waals surface area contributed by atoms with E-state index in [0.29, 0.717) is 0 Å². The molecule has 2 heteroatoms. The number of unbranched alkanes of at least 4 members (excludes halogenated alkanes) is 1. The second-order valence-electron chi connectivity index (χ2n) is 3.89. The summed E-state index contributed by atoms with van der Waals surface area (Å²) in [5, 5.41) is 9.77. The van der Waals surface area contributed by atoms with Crippen LogP contribution in [0.2, 0.25) is 0 Å². The zero-order valence-electron chi connectivity index (χ0n) is 9.33. The largest absolute Gasteiger partial charge is 0.155 e. The van der Waals surface area contributed by atoms with Crippen molar-refractivity contribution in [2.45, 2.75) is 33.1 Å². The average Bonchev–Trinajstić information content (AvgIpc) is 2.29. The Morgan fingerprint density at radius 1 is 1.13 bits per heavy atom. The molecule has 2 rings (SSSR count). The molecule has 2 aromatic rings. The van der Waals surface area contributed by atoms with Crippen LogP contribution in [-0.2, 0) is 6.42 Å². The van der Waals surface area contributed by atoms with Gasteiger partial charge in [-0.3, -0.25) is 0 Å². The van der Waals surface area contributed by atoms with E-state index in [1.165, 1.54) is 23.8 Å². The van der Waals surface area contributed by atoms with Crippen LogP contribution in [0.5, 0.6) is 0 Å². The molecule has 1 aromatic heterocycles. The Balaban J connectivity index is 2.45. The first-order valence-electron chi connectivity index (χ1n) is 5.54. The zero-order valence-corrected chi connectivity index (χ0v) is 9.33. The fourth-order valence-electron chi connectivity index (χ4n) is 1.80. The molecule has 0 radical (unpaired) electrons. The Morgan fingerprint density at radius 2 is 1.93 bits per heavy atom. The van der Waals surface area contributed by atoms with E-state index in [4.69, 9.17) is 0 Å². The summed E-state index contributed by atoms with van der Waals surface area (Å²) in [5.41, 5.74) is 3.43. The van der Waals surface area contributed by atoms with E-state index in [2.05, 4.69) is 36.2 Å². The van der Waals surface area contributed by atoms with Gasteiger partial charge in [-0.05, 0) is 31.4 Å². The summed E-state index contributed by atoms with van der Waals surface area (Å²) in [4.78, 5) is 0. The summed E-state index contributed by atoms with van der Waals surface area (Å²) in [6.45, 7) is 4.34. The summed E-state index contributed by atoms with van der Waals surface area (Å²) >= 11 is 0. The summed E-state index contributed by atoms with van der Waals surface area (Å²) < 4.78 is 0. The Morgan fingerprint density at radius 3 is 2.73 bits per heavy atom. The lowest BCUT2D eigenvalue weighted by Gasteiger charge is -2.06. The van der Waals surface area contributed by atoms with Gasteiger partial charge in [0.2, 0.25) is 0 Å². The molecule has 0 amide bonds. The molecule has 2 nitrogen and oxygen atoms in total. The Hall–Kier alpha value is -1.44. The highest BCUT2D eigenvalue weighted by atomic mass is 15.1. The number of nitrogens with zero attached hydrogens (tertiary/aromatic N) is 2. The minimum Gasteiger partial charge on any atom is -0.155 e. The molecule has 0 unspecified atom stereocenters. The predicted octanol–water partition coefficient (Wildman–Crippen LogP) is 3.28. The fourth-order valence-corrected chi connectivity index (χ4v) is 1.80. The fraction of sp³-hybridized carbons (Fsp3) is 0.385. The van der Waals surface area contributed by atoms with Crippen LogP contribution in [0.15, 0.2) is 24.3 Å². The van der Waals surface area contributed by atoms with Crippen LogP contribution in [0.25, 0.3) is 10.9 Å². The normalized spacial score (nSPS) is 10.8. The third-order valence-corrected chi connectivity index (χ3v) is 2.79. The van der Waals surface area contributed by atoms with Crippen LogP contribution in [0.4, 0.5) is 0 Å². The van der Waals surface area contributed by atoms with Crippen molar-refractivity contribution in [1.29, 1.82) is 0 Å². The molecular formula is C13H16N2. The molecule has 0 bridgehead atoms. The summed E-state index contributed by atoms with van der Waals surface area (Å²) in [5.74, 6) is 0. The molecule has 15 heavy (non-hydrogen) atoms. The van der Waals surface area contributed by atoms with Gasteiger partial charge in [0.1, 0.15) is 0 Å². The van der Waals surface area contributed by atoms with Crippen molar-refractivity contribution < 1.29 is 0 Å². The third-order valence-electron chi connectivity index (χ3n) is 2.79. The highest BCUT2D eigenvalue weighted by Gasteiger charge is 2.04. The lowest BCUT2D eigenvalue weighted by atomic mass is 10.1. The molecule has 0 aliphatic carbocycles. The molecule has 1 aromatic carbocycles.